The van der Waals surface area contributed by atoms with Crippen molar-refractivity contribution in [3.63, 3.8) is 0 Å². The number of hydrogen-bond acceptors (Lipinski definition) is 3. The Balaban J connectivity index is 1.44. The second-order valence-electron chi connectivity index (χ2n) is 10.4. The van der Waals surface area contributed by atoms with Crippen molar-refractivity contribution >= 4 is 5.91 Å². The average Bonchev–Trinajstić information content (AvgIpc) is 3.13. The fourth-order valence-corrected chi connectivity index (χ4v) is 6.92. The second kappa shape index (κ2) is 6.89. The molecule has 0 aliphatic heterocycles. The normalized spacial score (nSPS) is 33.1. The van der Waals surface area contributed by atoms with Crippen molar-refractivity contribution in [1.82, 2.24) is 20.1 Å². The number of benzene rings is 1. The van der Waals surface area contributed by atoms with Gasteiger partial charge >= 0.3 is 0 Å². The molecule has 4 aliphatic carbocycles. The van der Waals surface area contributed by atoms with E-state index in [9.17, 15) is 9.18 Å². The summed E-state index contributed by atoms with van der Waals surface area (Å²) < 4.78 is 15.5. The molecule has 3 atom stereocenters. The standard InChI is InChI=1S/C24H31FN4O/c1-15(2)21(19-4-6-20(25)7-5-19)27-22(30)23-9-17-8-18(10-23)12-24(11-17,13-23)29-14-26-16(3)28-29/h4-7,14-15,17-18,21H,8-13H2,1-3H3,(H,27,30). The summed E-state index contributed by atoms with van der Waals surface area (Å²) in [6.07, 6.45) is 8.09. The molecule has 1 N–H and O–H groups in total. The molecule has 5 nitrogen and oxygen atoms in total. The van der Waals surface area contributed by atoms with E-state index in [0.29, 0.717) is 11.8 Å². The molecule has 4 saturated carbocycles. The van der Waals surface area contributed by atoms with Crippen LogP contribution in [0.1, 0.15) is 69.8 Å². The number of nitrogens with zero attached hydrogens (tertiary/aromatic N) is 3. The lowest BCUT2D eigenvalue weighted by Crippen LogP contribution is -2.61. The Morgan fingerprint density at radius 2 is 1.83 bits per heavy atom. The maximum Gasteiger partial charge on any atom is 0.226 e. The van der Waals surface area contributed by atoms with Gasteiger partial charge in [0.2, 0.25) is 5.91 Å². The molecule has 1 aromatic carbocycles. The highest BCUT2D eigenvalue weighted by atomic mass is 19.1. The molecule has 0 radical (unpaired) electrons. The fourth-order valence-electron chi connectivity index (χ4n) is 6.92. The van der Waals surface area contributed by atoms with Gasteiger partial charge in [-0.1, -0.05) is 26.0 Å². The van der Waals surface area contributed by atoms with Crippen LogP contribution in [-0.2, 0) is 10.3 Å². The third kappa shape index (κ3) is 3.15. The number of aryl methyl sites for hydroxylation is 1. The third-order valence-electron chi connectivity index (χ3n) is 7.79. The molecule has 2 aromatic rings. The maximum absolute atomic E-state index is 13.8. The Bertz CT molecular complexity index is 936. The first kappa shape index (κ1) is 19.7. The minimum atomic E-state index is -0.336. The number of aromatic nitrogens is 3. The molecule has 1 aromatic heterocycles. The van der Waals surface area contributed by atoms with Gasteiger partial charge in [-0.15, -0.1) is 0 Å². The Morgan fingerprint density at radius 1 is 1.17 bits per heavy atom. The van der Waals surface area contributed by atoms with Crippen molar-refractivity contribution in [2.75, 3.05) is 0 Å². The zero-order valence-corrected chi connectivity index (χ0v) is 18.1. The molecule has 30 heavy (non-hydrogen) atoms. The van der Waals surface area contributed by atoms with E-state index in [1.54, 1.807) is 12.1 Å². The van der Waals surface area contributed by atoms with Gasteiger partial charge in [0.15, 0.2) is 0 Å². The van der Waals surface area contributed by atoms with Crippen molar-refractivity contribution in [1.29, 1.82) is 0 Å². The molecule has 6 rings (SSSR count). The number of hydrogen-bond donors (Lipinski definition) is 1. The Hall–Kier alpha value is -2.24. The molecule has 4 aliphatic rings. The molecular weight excluding hydrogens is 379 g/mol. The Labute approximate surface area is 177 Å². The number of rotatable bonds is 5. The van der Waals surface area contributed by atoms with E-state index in [4.69, 9.17) is 0 Å². The largest absolute Gasteiger partial charge is 0.349 e. The van der Waals surface area contributed by atoms with Crippen LogP contribution in [0, 0.1) is 35.9 Å². The molecule has 160 valence electrons. The zero-order chi connectivity index (χ0) is 21.1. The minimum Gasteiger partial charge on any atom is -0.349 e. The van der Waals surface area contributed by atoms with Crippen LogP contribution in [0.3, 0.4) is 0 Å². The first-order valence-corrected chi connectivity index (χ1v) is 11.2. The molecule has 1 heterocycles. The van der Waals surface area contributed by atoms with Crippen molar-refractivity contribution in [3.05, 3.63) is 47.8 Å². The minimum absolute atomic E-state index is 0.0775. The second-order valence-corrected chi connectivity index (χ2v) is 10.4. The number of amides is 1. The number of halogens is 1. The van der Waals surface area contributed by atoms with E-state index < -0.39 is 0 Å². The van der Waals surface area contributed by atoms with Crippen molar-refractivity contribution in [3.8, 4) is 0 Å². The van der Waals surface area contributed by atoms with Crippen LogP contribution in [0.2, 0.25) is 0 Å². The maximum atomic E-state index is 13.8. The first-order valence-electron chi connectivity index (χ1n) is 11.2. The first-order chi connectivity index (χ1) is 14.3. The Kier molecular flexibility index (Phi) is 4.53. The van der Waals surface area contributed by atoms with Crippen LogP contribution in [0.15, 0.2) is 30.6 Å². The number of carbonyl (C=O) groups is 1. The lowest BCUT2D eigenvalue weighted by Gasteiger charge is -2.61. The van der Waals surface area contributed by atoms with Crippen LogP contribution >= 0.6 is 0 Å². The summed E-state index contributed by atoms with van der Waals surface area (Å²) in [4.78, 5) is 18.2. The van der Waals surface area contributed by atoms with Crippen LogP contribution < -0.4 is 5.32 Å². The molecule has 1 amide bonds. The average molecular weight is 411 g/mol. The highest BCUT2D eigenvalue weighted by molar-refractivity contribution is 5.83. The fraction of sp³-hybridized carbons (Fsp3) is 0.625. The van der Waals surface area contributed by atoms with E-state index in [1.807, 2.05) is 13.3 Å². The summed E-state index contributed by atoms with van der Waals surface area (Å²) >= 11 is 0. The highest BCUT2D eigenvalue weighted by Gasteiger charge is 2.61. The van der Waals surface area contributed by atoms with Gasteiger partial charge in [-0.05, 0) is 80.9 Å². The molecule has 4 bridgehead atoms. The van der Waals surface area contributed by atoms with Crippen molar-refractivity contribution < 1.29 is 9.18 Å². The SMILES string of the molecule is Cc1ncn(C23CC4CC(CC(C(=O)NC(c5ccc(F)cc5)C(C)C)(C4)C2)C3)n1. The third-order valence-corrected chi connectivity index (χ3v) is 7.79. The van der Waals surface area contributed by atoms with E-state index in [0.717, 1.165) is 43.5 Å². The van der Waals surface area contributed by atoms with Crippen LogP contribution in [0.25, 0.3) is 0 Å². The molecule has 0 spiro atoms. The Morgan fingerprint density at radius 3 is 2.40 bits per heavy atom. The van der Waals surface area contributed by atoms with Crippen LogP contribution in [0.5, 0.6) is 0 Å². The monoisotopic (exact) mass is 410 g/mol. The molecule has 0 saturated heterocycles. The van der Waals surface area contributed by atoms with Gasteiger partial charge in [-0.25, -0.2) is 14.1 Å². The topological polar surface area (TPSA) is 59.8 Å². The zero-order valence-electron chi connectivity index (χ0n) is 18.1. The van der Waals surface area contributed by atoms with E-state index >= 15 is 0 Å². The molecule has 6 heteroatoms. The summed E-state index contributed by atoms with van der Waals surface area (Å²) in [5.74, 6) is 2.08. The summed E-state index contributed by atoms with van der Waals surface area (Å²) in [7, 11) is 0. The van der Waals surface area contributed by atoms with Gasteiger partial charge in [-0.3, -0.25) is 4.79 Å². The number of carbonyl (C=O) groups excluding carboxylic acids is 1. The lowest BCUT2D eigenvalue weighted by molar-refractivity contribution is -0.157. The van der Waals surface area contributed by atoms with Gasteiger partial charge in [0, 0.05) is 0 Å². The van der Waals surface area contributed by atoms with E-state index in [-0.39, 0.29) is 34.6 Å². The van der Waals surface area contributed by atoms with Crippen molar-refractivity contribution in [2.45, 2.75) is 70.9 Å². The van der Waals surface area contributed by atoms with Gasteiger partial charge in [0.25, 0.3) is 0 Å². The van der Waals surface area contributed by atoms with E-state index in [1.165, 1.54) is 18.6 Å². The highest BCUT2D eigenvalue weighted by Crippen LogP contribution is 2.64. The van der Waals surface area contributed by atoms with Gasteiger partial charge in [-0.2, -0.15) is 5.10 Å². The van der Waals surface area contributed by atoms with Crippen LogP contribution in [0.4, 0.5) is 4.39 Å². The van der Waals surface area contributed by atoms with Gasteiger partial charge in [0.05, 0.1) is 17.0 Å². The summed E-state index contributed by atoms with van der Waals surface area (Å²) in [6, 6.07) is 6.42. The summed E-state index contributed by atoms with van der Waals surface area (Å²) in [5.41, 5.74) is 0.550. The van der Waals surface area contributed by atoms with Crippen LogP contribution in [-0.4, -0.2) is 20.7 Å². The van der Waals surface area contributed by atoms with Gasteiger partial charge < -0.3 is 5.32 Å². The summed E-state index contributed by atoms with van der Waals surface area (Å²) in [5, 5.41) is 8.05. The predicted octanol–water partition coefficient (Wildman–Crippen LogP) is 4.53. The predicted molar refractivity (Wildman–Crippen MR) is 112 cm³/mol. The number of nitrogens with one attached hydrogen (secondary N) is 1. The quantitative estimate of drug-likeness (QED) is 0.788. The summed E-state index contributed by atoms with van der Waals surface area (Å²) in [6.45, 7) is 6.14. The lowest BCUT2D eigenvalue weighted by atomic mass is 9.46. The van der Waals surface area contributed by atoms with Gasteiger partial charge in [0.1, 0.15) is 18.0 Å². The molecule has 3 unspecified atom stereocenters. The molecular formula is C24H31FN4O. The smallest absolute Gasteiger partial charge is 0.226 e. The van der Waals surface area contributed by atoms with E-state index in [2.05, 4.69) is 33.9 Å². The molecule has 4 fully saturated rings. The van der Waals surface area contributed by atoms with Crippen molar-refractivity contribution in [2.24, 2.45) is 23.2 Å².